The molecule has 0 radical (unpaired) electrons. The van der Waals surface area contributed by atoms with Crippen molar-refractivity contribution >= 4 is 17.7 Å². The smallest absolute Gasteiger partial charge is 0.251 e. The molecule has 0 saturated carbocycles. The van der Waals surface area contributed by atoms with E-state index in [9.17, 15) is 4.79 Å². The standard InChI is InChI=1S/C17H17NO2/c1-13(11-14-7-6-10-16(12-14)20-2)17(19)18-15-8-4-3-5-9-15/h3-12H,1-2H3,(H,18,19)/b13-11+. The van der Waals surface area contributed by atoms with Crippen molar-refractivity contribution in [2.24, 2.45) is 0 Å². The monoisotopic (exact) mass is 267 g/mol. The maximum atomic E-state index is 12.1. The van der Waals surface area contributed by atoms with E-state index in [-0.39, 0.29) is 5.91 Å². The number of anilines is 1. The fraction of sp³-hybridized carbons (Fsp3) is 0.118. The van der Waals surface area contributed by atoms with E-state index in [1.165, 1.54) is 0 Å². The van der Waals surface area contributed by atoms with E-state index in [0.29, 0.717) is 5.57 Å². The second-order valence-corrected chi connectivity index (χ2v) is 4.42. The van der Waals surface area contributed by atoms with Gasteiger partial charge in [0.25, 0.3) is 5.91 Å². The number of ether oxygens (including phenoxy) is 1. The quantitative estimate of drug-likeness (QED) is 0.857. The summed E-state index contributed by atoms with van der Waals surface area (Å²) < 4.78 is 5.16. The van der Waals surface area contributed by atoms with Gasteiger partial charge in [-0.15, -0.1) is 0 Å². The van der Waals surface area contributed by atoms with Crippen molar-refractivity contribution in [3.8, 4) is 5.75 Å². The molecule has 102 valence electrons. The van der Waals surface area contributed by atoms with Gasteiger partial charge in [0.1, 0.15) is 5.75 Å². The summed E-state index contributed by atoms with van der Waals surface area (Å²) in [5, 5.41) is 2.85. The summed E-state index contributed by atoms with van der Waals surface area (Å²) in [5.74, 6) is 0.661. The molecular formula is C17H17NO2. The minimum atomic E-state index is -0.112. The van der Waals surface area contributed by atoms with Gasteiger partial charge < -0.3 is 10.1 Å². The Kier molecular flexibility index (Phi) is 4.56. The largest absolute Gasteiger partial charge is 0.497 e. The van der Waals surface area contributed by atoms with Crippen LogP contribution in [0.5, 0.6) is 5.75 Å². The topological polar surface area (TPSA) is 38.3 Å². The minimum Gasteiger partial charge on any atom is -0.497 e. The molecule has 3 heteroatoms. The van der Waals surface area contributed by atoms with Gasteiger partial charge in [-0.1, -0.05) is 30.3 Å². The summed E-state index contributed by atoms with van der Waals surface area (Å²) in [4.78, 5) is 12.1. The van der Waals surface area contributed by atoms with Gasteiger partial charge >= 0.3 is 0 Å². The number of amides is 1. The van der Waals surface area contributed by atoms with Crippen LogP contribution in [0.15, 0.2) is 60.2 Å². The molecule has 0 aromatic heterocycles. The Bertz CT molecular complexity index is 618. The van der Waals surface area contributed by atoms with Crippen molar-refractivity contribution in [2.75, 3.05) is 12.4 Å². The molecule has 3 nitrogen and oxygen atoms in total. The fourth-order valence-electron chi connectivity index (χ4n) is 1.80. The summed E-state index contributed by atoms with van der Waals surface area (Å²) in [7, 11) is 1.62. The van der Waals surface area contributed by atoms with E-state index < -0.39 is 0 Å². The van der Waals surface area contributed by atoms with Crippen molar-refractivity contribution in [1.82, 2.24) is 0 Å². The van der Waals surface area contributed by atoms with E-state index in [1.807, 2.05) is 60.7 Å². The van der Waals surface area contributed by atoms with Gasteiger partial charge in [-0.3, -0.25) is 4.79 Å². The Morgan fingerprint density at radius 1 is 1.10 bits per heavy atom. The maximum Gasteiger partial charge on any atom is 0.251 e. The average Bonchev–Trinajstić information content (AvgIpc) is 2.48. The molecule has 0 unspecified atom stereocenters. The number of benzene rings is 2. The van der Waals surface area contributed by atoms with Gasteiger partial charge in [0.2, 0.25) is 0 Å². The minimum absolute atomic E-state index is 0.112. The Balaban J connectivity index is 2.11. The molecule has 1 amide bonds. The lowest BCUT2D eigenvalue weighted by molar-refractivity contribution is -0.112. The molecule has 1 N–H and O–H groups in total. The van der Waals surface area contributed by atoms with Crippen LogP contribution in [0.1, 0.15) is 12.5 Å². The van der Waals surface area contributed by atoms with Crippen molar-refractivity contribution in [3.05, 3.63) is 65.7 Å². The molecule has 0 aliphatic rings. The van der Waals surface area contributed by atoms with Crippen LogP contribution in [0.25, 0.3) is 6.08 Å². The van der Waals surface area contributed by atoms with Crippen LogP contribution in [0, 0.1) is 0 Å². The van der Waals surface area contributed by atoms with Crippen molar-refractivity contribution in [1.29, 1.82) is 0 Å². The Hall–Kier alpha value is -2.55. The zero-order valence-corrected chi connectivity index (χ0v) is 11.6. The van der Waals surface area contributed by atoms with Crippen LogP contribution >= 0.6 is 0 Å². The first-order valence-electron chi connectivity index (χ1n) is 6.38. The van der Waals surface area contributed by atoms with E-state index >= 15 is 0 Å². The first-order chi connectivity index (χ1) is 9.69. The van der Waals surface area contributed by atoms with Crippen LogP contribution in [0.2, 0.25) is 0 Å². The summed E-state index contributed by atoms with van der Waals surface area (Å²) in [5.41, 5.74) is 2.36. The SMILES string of the molecule is COc1cccc(/C=C(\C)C(=O)Nc2ccccc2)c1. The van der Waals surface area contributed by atoms with Crippen LogP contribution in [0.3, 0.4) is 0 Å². The maximum absolute atomic E-state index is 12.1. The summed E-state index contributed by atoms with van der Waals surface area (Å²) in [6.45, 7) is 1.79. The predicted molar refractivity (Wildman–Crippen MR) is 81.7 cm³/mol. The summed E-state index contributed by atoms with van der Waals surface area (Å²) >= 11 is 0. The highest BCUT2D eigenvalue weighted by molar-refractivity contribution is 6.06. The van der Waals surface area contributed by atoms with Crippen LogP contribution in [-0.4, -0.2) is 13.0 Å². The molecule has 0 heterocycles. The highest BCUT2D eigenvalue weighted by atomic mass is 16.5. The lowest BCUT2D eigenvalue weighted by Gasteiger charge is -2.06. The molecule has 2 aromatic rings. The van der Waals surface area contributed by atoms with E-state index in [1.54, 1.807) is 14.0 Å². The highest BCUT2D eigenvalue weighted by Gasteiger charge is 2.04. The molecule has 0 bridgehead atoms. The molecule has 0 fully saturated rings. The third kappa shape index (κ3) is 3.72. The van der Waals surface area contributed by atoms with Crippen LogP contribution in [0.4, 0.5) is 5.69 Å². The first-order valence-corrected chi connectivity index (χ1v) is 6.38. The molecule has 0 aliphatic heterocycles. The van der Waals surface area contributed by atoms with E-state index in [2.05, 4.69) is 5.32 Å². The lowest BCUT2D eigenvalue weighted by Crippen LogP contribution is -2.12. The number of carbonyl (C=O) groups excluding carboxylic acids is 1. The van der Waals surface area contributed by atoms with E-state index in [0.717, 1.165) is 17.0 Å². The first kappa shape index (κ1) is 13.9. The summed E-state index contributed by atoms with van der Waals surface area (Å²) in [6.07, 6.45) is 1.83. The molecular weight excluding hydrogens is 250 g/mol. The van der Waals surface area contributed by atoms with Gasteiger partial charge in [0.15, 0.2) is 0 Å². The third-order valence-electron chi connectivity index (χ3n) is 2.87. The molecule has 2 aromatic carbocycles. The number of nitrogens with one attached hydrogen (secondary N) is 1. The highest BCUT2D eigenvalue weighted by Crippen LogP contribution is 2.16. The number of rotatable bonds is 4. The van der Waals surface area contributed by atoms with Crippen molar-refractivity contribution in [3.63, 3.8) is 0 Å². The predicted octanol–water partition coefficient (Wildman–Crippen LogP) is 3.74. The molecule has 0 atom stereocenters. The van der Waals surface area contributed by atoms with Gasteiger partial charge in [0, 0.05) is 11.3 Å². The average molecular weight is 267 g/mol. The zero-order valence-electron chi connectivity index (χ0n) is 11.6. The number of hydrogen-bond donors (Lipinski definition) is 1. The third-order valence-corrected chi connectivity index (χ3v) is 2.87. The number of carbonyl (C=O) groups is 1. The van der Waals surface area contributed by atoms with Crippen molar-refractivity contribution in [2.45, 2.75) is 6.92 Å². The van der Waals surface area contributed by atoms with Gasteiger partial charge in [-0.05, 0) is 42.8 Å². The van der Waals surface area contributed by atoms with Gasteiger partial charge in [0.05, 0.1) is 7.11 Å². The number of para-hydroxylation sites is 1. The zero-order chi connectivity index (χ0) is 14.4. The molecule has 2 rings (SSSR count). The van der Waals surface area contributed by atoms with E-state index in [4.69, 9.17) is 4.74 Å². The summed E-state index contributed by atoms with van der Waals surface area (Å²) in [6, 6.07) is 17.0. The lowest BCUT2D eigenvalue weighted by atomic mass is 10.1. The second kappa shape index (κ2) is 6.57. The second-order valence-electron chi connectivity index (χ2n) is 4.42. The Morgan fingerprint density at radius 3 is 2.55 bits per heavy atom. The Labute approximate surface area is 118 Å². The molecule has 0 aliphatic carbocycles. The van der Waals surface area contributed by atoms with Crippen LogP contribution < -0.4 is 10.1 Å². The van der Waals surface area contributed by atoms with Gasteiger partial charge in [-0.25, -0.2) is 0 Å². The molecule has 20 heavy (non-hydrogen) atoms. The van der Waals surface area contributed by atoms with Crippen molar-refractivity contribution < 1.29 is 9.53 Å². The van der Waals surface area contributed by atoms with Gasteiger partial charge in [-0.2, -0.15) is 0 Å². The fourth-order valence-corrected chi connectivity index (χ4v) is 1.80. The number of hydrogen-bond acceptors (Lipinski definition) is 2. The molecule has 0 saturated heterocycles. The Morgan fingerprint density at radius 2 is 1.85 bits per heavy atom. The molecule has 0 spiro atoms. The number of methoxy groups -OCH3 is 1. The van der Waals surface area contributed by atoms with Crippen LogP contribution in [-0.2, 0) is 4.79 Å². The normalized spacial score (nSPS) is 11.0.